The molecule has 9 heteroatoms. The Morgan fingerprint density at radius 1 is 1.18 bits per heavy atom. The molecule has 2 aromatic rings. The third-order valence-electron chi connectivity index (χ3n) is 6.76. The normalized spacial score (nSPS) is 17.5. The molecule has 0 aliphatic carbocycles. The first-order chi connectivity index (χ1) is 17.8. The molecule has 1 heterocycles. The van der Waals surface area contributed by atoms with E-state index in [2.05, 4.69) is 45.8 Å². The van der Waals surface area contributed by atoms with Crippen molar-refractivity contribution >= 4 is 54.5 Å². The van der Waals surface area contributed by atoms with E-state index in [1.807, 2.05) is 43.3 Å². The zero-order valence-electron chi connectivity index (χ0n) is 23.4. The number of carbonyl (C=O) groups is 1. The Balaban J connectivity index is 1.71. The molecule has 1 saturated heterocycles. The van der Waals surface area contributed by atoms with Crippen molar-refractivity contribution in [1.82, 2.24) is 0 Å². The number of benzene rings is 2. The van der Waals surface area contributed by atoms with Gasteiger partial charge in [0.05, 0.1) is 22.2 Å². The fourth-order valence-electron chi connectivity index (χ4n) is 3.44. The Morgan fingerprint density at radius 3 is 2.53 bits per heavy atom. The van der Waals surface area contributed by atoms with Gasteiger partial charge in [0.25, 0.3) is 5.91 Å². The lowest BCUT2D eigenvalue weighted by molar-refractivity contribution is -0.113. The van der Waals surface area contributed by atoms with Gasteiger partial charge in [-0.15, -0.1) is 0 Å². The number of aliphatic hydroxyl groups is 1. The molecule has 3 rings (SSSR count). The topological polar surface area (TPSA) is 71.4 Å². The van der Waals surface area contributed by atoms with E-state index in [4.69, 9.17) is 20.8 Å². The number of aryl methyl sites for hydroxylation is 1. The lowest BCUT2D eigenvalue weighted by Gasteiger charge is -2.36. The van der Waals surface area contributed by atoms with Gasteiger partial charge in [-0.2, -0.15) is 0 Å². The number of amidine groups is 1. The van der Waals surface area contributed by atoms with Crippen LogP contribution in [0.3, 0.4) is 0 Å². The Bertz CT molecular complexity index is 1210. The molecule has 0 spiro atoms. The zero-order valence-corrected chi connectivity index (χ0v) is 25.9. The molecule has 0 bridgehead atoms. The highest BCUT2D eigenvalue weighted by molar-refractivity contribution is 8.19. The van der Waals surface area contributed by atoms with Crippen molar-refractivity contribution in [3.8, 4) is 5.75 Å². The summed E-state index contributed by atoms with van der Waals surface area (Å²) in [6.45, 7) is 15.8. The molecule has 1 fully saturated rings. The first kappa shape index (κ1) is 30.4. The molecule has 6 nitrogen and oxygen atoms in total. The number of ether oxygens (including phenoxy) is 1. The highest BCUT2D eigenvalue weighted by atomic mass is 35.5. The summed E-state index contributed by atoms with van der Waals surface area (Å²) in [5, 5.41) is 11.5. The summed E-state index contributed by atoms with van der Waals surface area (Å²) in [5.74, 6) is 0.359. The molecule has 2 aromatic carbocycles. The Hall–Kier alpha value is -2.10. The summed E-state index contributed by atoms with van der Waals surface area (Å²) in [6.07, 6.45) is 1.96. The summed E-state index contributed by atoms with van der Waals surface area (Å²) in [7, 11) is -1.95. The molecule has 1 N–H and O–H groups in total. The summed E-state index contributed by atoms with van der Waals surface area (Å²) >= 11 is 7.87. The highest BCUT2D eigenvalue weighted by Crippen LogP contribution is 2.38. The minimum Gasteiger partial charge on any atom is -0.489 e. The fraction of sp³-hybridized carbons (Fsp3) is 0.448. The van der Waals surface area contributed by atoms with E-state index in [9.17, 15) is 9.90 Å². The molecular weight excluding hydrogens is 536 g/mol. The standard InChI is InChI=1S/C29H39ClN2O4SSi/c1-8-15-31-28-32(24-12-10-9-11-20(24)2)27(34)26(37-28)17-21-13-14-25(23(30)16-21)35-18-22(33)19-36-38(6,7)29(3,4)5/h9-14,16-17,22,33H,8,15,18-19H2,1-7H3/b26-17-,31-28?/t22-/m0/s1. The number of halogens is 1. The summed E-state index contributed by atoms with van der Waals surface area (Å²) in [6, 6.07) is 13.2. The Morgan fingerprint density at radius 2 is 1.89 bits per heavy atom. The molecule has 38 heavy (non-hydrogen) atoms. The number of anilines is 1. The largest absolute Gasteiger partial charge is 0.489 e. The molecule has 206 valence electrons. The summed E-state index contributed by atoms with van der Waals surface area (Å²) in [4.78, 5) is 20.3. The first-order valence-electron chi connectivity index (χ1n) is 12.9. The number of aliphatic hydroxyl groups excluding tert-OH is 1. The minimum atomic E-state index is -1.95. The third kappa shape index (κ3) is 7.51. The fourth-order valence-corrected chi connectivity index (χ4v) is 5.73. The van der Waals surface area contributed by atoms with Crippen LogP contribution in [0.2, 0.25) is 23.2 Å². The lowest BCUT2D eigenvalue weighted by atomic mass is 10.1. The number of amides is 1. The lowest BCUT2D eigenvalue weighted by Crippen LogP contribution is -2.43. The van der Waals surface area contributed by atoms with Gasteiger partial charge in [-0.05, 0) is 78.6 Å². The number of aliphatic imine (C=N–C) groups is 1. The Kier molecular flexibility index (Phi) is 10.3. The summed E-state index contributed by atoms with van der Waals surface area (Å²) in [5.41, 5.74) is 2.62. The number of hydrogen-bond donors (Lipinski definition) is 1. The minimum absolute atomic E-state index is 0.0692. The van der Waals surface area contributed by atoms with Crippen LogP contribution >= 0.6 is 23.4 Å². The van der Waals surface area contributed by atoms with Gasteiger partial charge in [0, 0.05) is 6.54 Å². The van der Waals surface area contributed by atoms with Crippen molar-refractivity contribution in [1.29, 1.82) is 0 Å². The van der Waals surface area contributed by atoms with Crippen LogP contribution in [-0.4, -0.2) is 50.4 Å². The maximum atomic E-state index is 13.4. The van der Waals surface area contributed by atoms with Crippen molar-refractivity contribution in [2.45, 2.75) is 65.3 Å². The van der Waals surface area contributed by atoms with E-state index in [1.54, 1.807) is 17.0 Å². The molecular formula is C29H39ClN2O4SSi. The van der Waals surface area contributed by atoms with E-state index in [0.717, 1.165) is 23.2 Å². The van der Waals surface area contributed by atoms with E-state index in [-0.39, 0.29) is 24.2 Å². The molecule has 1 atom stereocenters. The van der Waals surface area contributed by atoms with E-state index < -0.39 is 14.4 Å². The number of rotatable bonds is 10. The van der Waals surface area contributed by atoms with Crippen LogP contribution in [0.25, 0.3) is 6.08 Å². The first-order valence-corrected chi connectivity index (χ1v) is 17.0. The molecule has 1 aliphatic heterocycles. The predicted molar refractivity (Wildman–Crippen MR) is 163 cm³/mol. The van der Waals surface area contributed by atoms with Crippen LogP contribution in [0.15, 0.2) is 52.4 Å². The smallest absolute Gasteiger partial charge is 0.271 e. The van der Waals surface area contributed by atoms with Crippen LogP contribution in [0, 0.1) is 6.92 Å². The number of nitrogens with zero attached hydrogens (tertiary/aromatic N) is 2. The average Bonchev–Trinajstić information content (AvgIpc) is 3.15. The molecule has 0 saturated carbocycles. The van der Waals surface area contributed by atoms with Crippen LogP contribution in [-0.2, 0) is 9.22 Å². The SMILES string of the molecule is CCCN=C1S/C(=C\c2ccc(OC[C@H](O)CO[Si](C)(C)C(C)(C)C)c(Cl)c2)C(=O)N1c1ccccc1C. The van der Waals surface area contributed by atoms with Crippen molar-refractivity contribution in [2.24, 2.45) is 4.99 Å². The maximum Gasteiger partial charge on any atom is 0.271 e. The molecule has 0 aromatic heterocycles. The second kappa shape index (κ2) is 12.8. The van der Waals surface area contributed by atoms with Crippen molar-refractivity contribution in [2.75, 3.05) is 24.7 Å². The molecule has 1 aliphatic rings. The molecule has 0 radical (unpaired) electrons. The second-order valence-electron chi connectivity index (χ2n) is 10.9. The third-order valence-corrected chi connectivity index (χ3v) is 12.6. The quantitative estimate of drug-likeness (QED) is 0.238. The second-order valence-corrected chi connectivity index (χ2v) is 17.2. The Labute approximate surface area is 237 Å². The van der Waals surface area contributed by atoms with Gasteiger partial charge in [0.2, 0.25) is 0 Å². The van der Waals surface area contributed by atoms with Gasteiger partial charge in [-0.25, -0.2) is 0 Å². The van der Waals surface area contributed by atoms with E-state index >= 15 is 0 Å². The van der Waals surface area contributed by atoms with E-state index in [0.29, 0.717) is 27.4 Å². The van der Waals surface area contributed by atoms with Gasteiger partial charge >= 0.3 is 0 Å². The van der Waals surface area contributed by atoms with Gasteiger partial charge < -0.3 is 14.3 Å². The van der Waals surface area contributed by atoms with Crippen LogP contribution in [0.5, 0.6) is 5.75 Å². The van der Waals surface area contributed by atoms with Crippen LogP contribution < -0.4 is 9.64 Å². The van der Waals surface area contributed by atoms with Gasteiger partial charge in [0.15, 0.2) is 13.5 Å². The highest BCUT2D eigenvalue weighted by Gasteiger charge is 2.37. The van der Waals surface area contributed by atoms with Crippen LogP contribution in [0.1, 0.15) is 45.2 Å². The number of para-hydroxylation sites is 1. The maximum absolute atomic E-state index is 13.4. The monoisotopic (exact) mass is 574 g/mol. The van der Waals surface area contributed by atoms with Gasteiger partial charge in [0.1, 0.15) is 18.5 Å². The molecule has 0 unspecified atom stereocenters. The van der Waals surface area contributed by atoms with Gasteiger partial charge in [-0.1, -0.05) is 63.6 Å². The average molecular weight is 575 g/mol. The van der Waals surface area contributed by atoms with E-state index in [1.165, 1.54) is 11.8 Å². The predicted octanol–water partition coefficient (Wildman–Crippen LogP) is 7.30. The zero-order chi connectivity index (χ0) is 28.1. The van der Waals surface area contributed by atoms with Crippen molar-refractivity contribution < 1.29 is 19.1 Å². The molecule has 1 amide bonds. The van der Waals surface area contributed by atoms with Crippen LogP contribution in [0.4, 0.5) is 5.69 Å². The summed E-state index contributed by atoms with van der Waals surface area (Å²) < 4.78 is 11.9. The number of thioether (sulfide) groups is 1. The number of hydrogen-bond acceptors (Lipinski definition) is 6. The number of carbonyl (C=O) groups excluding carboxylic acids is 1. The van der Waals surface area contributed by atoms with Crippen molar-refractivity contribution in [3.05, 3.63) is 63.5 Å². The van der Waals surface area contributed by atoms with Crippen molar-refractivity contribution in [3.63, 3.8) is 0 Å². The van der Waals surface area contributed by atoms with Gasteiger partial charge in [-0.3, -0.25) is 14.7 Å².